The van der Waals surface area contributed by atoms with Gasteiger partial charge in [0, 0.05) is 5.56 Å². The minimum absolute atomic E-state index is 0.717. The van der Waals surface area contributed by atoms with Crippen LogP contribution in [0.3, 0.4) is 0 Å². The summed E-state index contributed by atoms with van der Waals surface area (Å²) in [5.41, 5.74) is 4.18. The highest BCUT2D eigenvalue weighted by molar-refractivity contribution is 5.78. The van der Waals surface area contributed by atoms with Crippen LogP contribution in [0.4, 0.5) is 0 Å². The van der Waals surface area contributed by atoms with Crippen molar-refractivity contribution in [3.8, 4) is 11.1 Å². The molecule has 0 unspecified atom stereocenters. The molecule has 0 aliphatic carbocycles. The van der Waals surface area contributed by atoms with Gasteiger partial charge in [-0.15, -0.1) is 0 Å². The van der Waals surface area contributed by atoms with Crippen LogP contribution in [0.1, 0.15) is 15.9 Å². The van der Waals surface area contributed by atoms with Gasteiger partial charge in [-0.05, 0) is 24.1 Å². The standard InChI is InChI=1S/C14H12O/c1-11-4-2-6-13(8-11)14-7-3-5-12(9-14)10-15/h2-10H,1H3. The molecule has 0 spiro atoms. The lowest BCUT2D eigenvalue weighted by molar-refractivity contribution is 0.112. The van der Waals surface area contributed by atoms with Crippen LogP contribution >= 0.6 is 0 Å². The molecule has 2 aromatic carbocycles. The topological polar surface area (TPSA) is 17.1 Å². The molecule has 0 atom stereocenters. The molecular formula is C14H12O. The first-order valence-corrected chi connectivity index (χ1v) is 4.92. The average Bonchev–Trinajstić information content (AvgIpc) is 2.29. The van der Waals surface area contributed by atoms with Gasteiger partial charge in [0.15, 0.2) is 0 Å². The summed E-state index contributed by atoms with van der Waals surface area (Å²) in [4.78, 5) is 10.7. The van der Waals surface area contributed by atoms with Gasteiger partial charge in [0.25, 0.3) is 0 Å². The Morgan fingerprint density at radius 3 is 2.27 bits per heavy atom. The van der Waals surface area contributed by atoms with Crippen molar-refractivity contribution in [2.45, 2.75) is 6.92 Å². The Morgan fingerprint density at radius 1 is 0.933 bits per heavy atom. The second-order valence-electron chi connectivity index (χ2n) is 3.61. The molecule has 0 aliphatic rings. The largest absolute Gasteiger partial charge is 0.298 e. The third-order valence-electron chi connectivity index (χ3n) is 2.37. The summed E-state index contributed by atoms with van der Waals surface area (Å²) in [6, 6.07) is 15.9. The van der Waals surface area contributed by atoms with E-state index in [9.17, 15) is 4.79 Å². The quantitative estimate of drug-likeness (QED) is 0.672. The van der Waals surface area contributed by atoms with Gasteiger partial charge in [0.1, 0.15) is 6.29 Å². The molecule has 1 heteroatoms. The maximum absolute atomic E-state index is 10.7. The molecule has 0 radical (unpaired) electrons. The molecule has 2 aromatic rings. The summed E-state index contributed by atoms with van der Waals surface area (Å²) in [6.45, 7) is 2.06. The smallest absolute Gasteiger partial charge is 0.150 e. The van der Waals surface area contributed by atoms with Crippen molar-refractivity contribution in [1.82, 2.24) is 0 Å². The van der Waals surface area contributed by atoms with E-state index in [0.29, 0.717) is 5.56 Å². The molecule has 0 amide bonds. The van der Waals surface area contributed by atoms with Crippen LogP contribution in [0.2, 0.25) is 0 Å². The molecule has 1 nitrogen and oxygen atoms in total. The maximum Gasteiger partial charge on any atom is 0.150 e. The van der Waals surface area contributed by atoms with Crippen molar-refractivity contribution in [3.05, 3.63) is 59.7 Å². The maximum atomic E-state index is 10.7. The Hall–Kier alpha value is -1.89. The number of hydrogen-bond acceptors (Lipinski definition) is 1. The van der Waals surface area contributed by atoms with Gasteiger partial charge >= 0.3 is 0 Å². The predicted molar refractivity (Wildman–Crippen MR) is 62.0 cm³/mol. The van der Waals surface area contributed by atoms with E-state index >= 15 is 0 Å². The second-order valence-corrected chi connectivity index (χ2v) is 3.61. The summed E-state index contributed by atoms with van der Waals surface area (Å²) < 4.78 is 0. The van der Waals surface area contributed by atoms with Crippen molar-refractivity contribution in [2.75, 3.05) is 0 Å². The fourth-order valence-electron chi connectivity index (χ4n) is 1.62. The van der Waals surface area contributed by atoms with Crippen molar-refractivity contribution in [3.63, 3.8) is 0 Å². The van der Waals surface area contributed by atoms with Gasteiger partial charge in [-0.2, -0.15) is 0 Å². The van der Waals surface area contributed by atoms with Crippen molar-refractivity contribution >= 4 is 6.29 Å². The molecule has 74 valence electrons. The summed E-state index contributed by atoms with van der Waals surface area (Å²) in [7, 11) is 0. The third kappa shape index (κ3) is 2.13. The van der Waals surface area contributed by atoms with Gasteiger partial charge in [-0.25, -0.2) is 0 Å². The normalized spacial score (nSPS) is 9.93. The lowest BCUT2D eigenvalue weighted by Gasteiger charge is -2.03. The number of benzene rings is 2. The van der Waals surface area contributed by atoms with E-state index in [2.05, 4.69) is 25.1 Å². The van der Waals surface area contributed by atoms with E-state index in [-0.39, 0.29) is 0 Å². The first-order chi connectivity index (χ1) is 7.29. The van der Waals surface area contributed by atoms with E-state index in [0.717, 1.165) is 17.4 Å². The van der Waals surface area contributed by atoms with Crippen LogP contribution in [0, 0.1) is 6.92 Å². The fraction of sp³-hybridized carbons (Fsp3) is 0.0714. The summed E-state index contributed by atoms with van der Waals surface area (Å²) in [6.07, 6.45) is 0.874. The van der Waals surface area contributed by atoms with E-state index in [4.69, 9.17) is 0 Å². The van der Waals surface area contributed by atoms with Crippen LogP contribution in [0.15, 0.2) is 48.5 Å². The summed E-state index contributed by atoms with van der Waals surface area (Å²) in [5, 5.41) is 0. The highest BCUT2D eigenvalue weighted by Crippen LogP contribution is 2.20. The highest BCUT2D eigenvalue weighted by Gasteiger charge is 1.98. The van der Waals surface area contributed by atoms with Crippen LogP contribution in [-0.4, -0.2) is 6.29 Å². The van der Waals surface area contributed by atoms with Gasteiger partial charge in [-0.3, -0.25) is 4.79 Å². The van der Waals surface area contributed by atoms with Crippen LogP contribution in [0.5, 0.6) is 0 Å². The van der Waals surface area contributed by atoms with Crippen LogP contribution < -0.4 is 0 Å². The Labute approximate surface area is 89.4 Å². The van der Waals surface area contributed by atoms with Gasteiger partial charge < -0.3 is 0 Å². The number of aldehydes is 1. The molecule has 0 saturated heterocycles. The minimum atomic E-state index is 0.717. The van der Waals surface area contributed by atoms with E-state index < -0.39 is 0 Å². The number of carbonyl (C=O) groups is 1. The van der Waals surface area contributed by atoms with E-state index in [1.807, 2.05) is 30.3 Å². The first-order valence-electron chi connectivity index (χ1n) is 4.92. The SMILES string of the molecule is Cc1cccc(-c2cccc(C=O)c2)c1. The van der Waals surface area contributed by atoms with Crippen LogP contribution in [0.25, 0.3) is 11.1 Å². The van der Waals surface area contributed by atoms with E-state index in [1.165, 1.54) is 5.56 Å². The molecule has 0 saturated carbocycles. The van der Waals surface area contributed by atoms with Crippen LogP contribution in [-0.2, 0) is 0 Å². The Bertz CT molecular complexity index is 486. The predicted octanol–water partition coefficient (Wildman–Crippen LogP) is 3.47. The third-order valence-corrected chi connectivity index (χ3v) is 2.37. The fourth-order valence-corrected chi connectivity index (χ4v) is 1.62. The molecule has 0 N–H and O–H groups in total. The molecule has 2 rings (SSSR count). The van der Waals surface area contributed by atoms with E-state index in [1.54, 1.807) is 0 Å². The first kappa shape index (κ1) is 9.66. The van der Waals surface area contributed by atoms with Crippen molar-refractivity contribution in [1.29, 1.82) is 0 Å². The summed E-state index contributed by atoms with van der Waals surface area (Å²) in [5.74, 6) is 0. The van der Waals surface area contributed by atoms with Gasteiger partial charge in [-0.1, -0.05) is 48.0 Å². The Morgan fingerprint density at radius 2 is 1.60 bits per heavy atom. The Balaban J connectivity index is 2.49. The number of carbonyl (C=O) groups excluding carboxylic acids is 1. The molecule has 15 heavy (non-hydrogen) atoms. The number of aryl methyl sites for hydroxylation is 1. The second kappa shape index (κ2) is 4.09. The minimum Gasteiger partial charge on any atom is -0.298 e. The number of rotatable bonds is 2. The monoisotopic (exact) mass is 196 g/mol. The van der Waals surface area contributed by atoms with Crippen molar-refractivity contribution < 1.29 is 4.79 Å². The summed E-state index contributed by atoms with van der Waals surface area (Å²) >= 11 is 0. The highest BCUT2D eigenvalue weighted by atomic mass is 16.1. The Kier molecular flexibility index (Phi) is 2.64. The van der Waals surface area contributed by atoms with Gasteiger partial charge in [0.2, 0.25) is 0 Å². The lowest BCUT2D eigenvalue weighted by atomic mass is 10.0. The average molecular weight is 196 g/mol. The van der Waals surface area contributed by atoms with Crippen molar-refractivity contribution in [2.24, 2.45) is 0 Å². The molecule has 0 fully saturated rings. The zero-order chi connectivity index (χ0) is 10.7. The molecular weight excluding hydrogens is 184 g/mol. The zero-order valence-electron chi connectivity index (χ0n) is 8.60. The molecule has 0 aromatic heterocycles. The lowest BCUT2D eigenvalue weighted by Crippen LogP contribution is -1.83. The van der Waals surface area contributed by atoms with Gasteiger partial charge in [0.05, 0.1) is 0 Å². The number of hydrogen-bond donors (Lipinski definition) is 0. The molecule has 0 heterocycles. The molecule has 0 aliphatic heterocycles. The molecule has 0 bridgehead atoms. The zero-order valence-corrected chi connectivity index (χ0v) is 8.60.